The Kier molecular flexibility index (Phi) is 3.12. The van der Waals surface area contributed by atoms with Crippen molar-refractivity contribution in [2.24, 2.45) is 0 Å². The fourth-order valence-corrected chi connectivity index (χ4v) is 1.27. The molecule has 0 bridgehead atoms. The van der Waals surface area contributed by atoms with Gasteiger partial charge in [-0.15, -0.1) is 0 Å². The van der Waals surface area contributed by atoms with E-state index in [0.717, 1.165) is 6.42 Å². The number of phenolic OH excluding ortho intramolecular Hbond substituents is 2. The Morgan fingerprint density at radius 3 is 2.50 bits per heavy atom. The van der Waals surface area contributed by atoms with Gasteiger partial charge < -0.3 is 10.2 Å². The number of rotatable bonds is 3. The van der Waals surface area contributed by atoms with E-state index in [4.69, 9.17) is 0 Å². The summed E-state index contributed by atoms with van der Waals surface area (Å²) in [5, 5.41) is 18.9. The van der Waals surface area contributed by atoms with Crippen molar-refractivity contribution in [1.82, 2.24) is 0 Å². The van der Waals surface area contributed by atoms with Crippen LogP contribution in [0.3, 0.4) is 0 Å². The Morgan fingerprint density at radius 2 is 1.93 bits per heavy atom. The van der Waals surface area contributed by atoms with Gasteiger partial charge in [-0.3, -0.25) is 4.79 Å². The molecule has 0 atom stereocenters. The van der Waals surface area contributed by atoms with E-state index >= 15 is 0 Å². The van der Waals surface area contributed by atoms with Crippen LogP contribution < -0.4 is 0 Å². The van der Waals surface area contributed by atoms with Crippen LogP contribution in [-0.4, -0.2) is 16.0 Å². The molecular weight excluding hydrogens is 180 g/mol. The van der Waals surface area contributed by atoms with Crippen molar-refractivity contribution in [1.29, 1.82) is 0 Å². The number of aryl methyl sites for hydroxylation is 1. The topological polar surface area (TPSA) is 57.5 Å². The summed E-state index contributed by atoms with van der Waals surface area (Å²) in [6.07, 6.45) is 1.11. The number of carbonyl (C=O) groups is 1. The number of hydrogen-bond donors (Lipinski definition) is 2. The van der Waals surface area contributed by atoms with E-state index in [0.29, 0.717) is 12.0 Å². The van der Waals surface area contributed by atoms with Gasteiger partial charge in [0.2, 0.25) is 0 Å². The normalized spacial score (nSPS) is 10.1. The van der Waals surface area contributed by atoms with E-state index in [-0.39, 0.29) is 22.8 Å². The summed E-state index contributed by atoms with van der Waals surface area (Å²) in [7, 11) is 0. The van der Waals surface area contributed by atoms with Crippen LogP contribution in [0.4, 0.5) is 0 Å². The predicted octanol–water partition coefficient (Wildman–Crippen LogP) is 2.39. The highest BCUT2D eigenvalue weighted by Crippen LogP contribution is 2.27. The quantitative estimate of drug-likeness (QED) is 0.573. The van der Waals surface area contributed by atoms with Gasteiger partial charge in [0, 0.05) is 6.42 Å². The molecule has 0 aromatic heterocycles. The molecule has 0 spiro atoms. The lowest BCUT2D eigenvalue weighted by Crippen LogP contribution is -1.98. The Bertz CT molecular complexity index is 356. The zero-order valence-electron chi connectivity index (χ0n) is 8.37. The van der Waals surface area contributed by atoms with E-state index in [9.17, 15) is 15.0 Å². The number of hydrogen-bond acceptors (Lipinski definition) is 3. The summed E-state index contributed by atoms with van der Waals surface area (Å²) >= 11 is 0. The number of phenols is 2. The van der Waals surface area contributed by atoms with Crippen molar-refractivity contribution < 1.29 is 15.0 Å². The van der Waals surface area contributed by atoms with Crippen LogP contribution in [0.1, 0.15) is 35.7 Å². The van der Waals surface area contributed by atoms with Gasteiger partial charge >= 0.3 is 0 Å². The first kappa shape index (κ1) is 10.6. The van der Waals surface area contributed by atoms with Crippen LogP contribution in [-0.2, 0) is 0 Å². The second kappa shape index (κ2) is 4.13. The molecule has 14 heavy (non-hydrogen) atoms. The molecule has 3 heteroatoms. The third-order valence-corrected chi connectivity index (χ3v) is 2.09. The number of benzene rings is 1. The van der Waals surface area contributed by atoms with Gasteiger partial charge in [-0.05, 0) is 31.0 Å². The summed E-state index contributed by atoms with van der Waals surface area (Å²) in [5.74, 6) is -0.152. The first-order chi connectivity index (χ1) is 6.56. The van der Waals surface area contributed by atoms with Crippen molar-refractivity contribution in [3.63, 3.8) is 0 Å². The minimum absolute atomic E-state index is 0.0438. The molecule has 0 aliphatic carbocycles. The first-order valence-electron chi connectivity index (χ1n) is 4.62. The summed E-state index contributed by atoms with van der Waals surface area (Å²) in [6, 6.07) is 2.72. The highest BCUT2D eigenvalue weighted by molar-refractivity contribution is 5.99. The van der Waals surface area contributed by atoms with Gasteiger partial charge in [-0.25, -0.2) is 0 Å². The Morgan fingerprint density at radius 1 is 1.29 bits per heavy atom. The average Bonchev–Trinajstić information content (AvgIpc) is 2.11. The van der Waals surface area contributed by atoms with E-state index in [1.165, 1.54) is 12.1 Å². The molecular formula is C11H14O3. The van der Waals surface area contributed by atoms with E-state index in [1.54, 1.807) is 6.92 Å². The van der Waals surface area contributed by atoms with Crippen molar-refractivity contribution in [2.75, 3.05) is 0 Å². The van der Waals surface area contributed by atoms with Crippen LogP contribution >= 0.6 is 0 Å². The third kappa shape index (κ3) is 2.05. The Labute approximate surface area is 83.0 Å². The molecule has 1 aromatic carbocycles. The molecule has 76 valence electrons. The van der Waals surface area contributed by atoms with Crippen LogP contribution in [0, 0.1) is 6.92 Å². The zero-order valence-corrected chi connectivity index (χ0v) is 8.37. The lowest BCUT2D eigenvalue weighted by atomic mass is 10.0. The summed E-state index contributed by atoms with van der Waals surface area (Å²) < 4.78 is 0. The molecule has 0 unspecified atom stereocenters. The van der Waals surface area contributed by atoms with Crippen molar-refractivity contribution in [2.45, 2.75) is 26.7 Å². The molecule has 0 aliphatic rings. The number of Topliss-reactive ketones (excluding diaryl/α,β-unsaturated/α-hetero) is 1. The Hall–Kier alpha value is -1.51. The maximum absolute atomic E-state index is 11.5. The number of aromatic hydroxyl groups is 2. The predicted molar refractivity (Wildman–Crippen MR) is 53.7 cm³/mol. The highest BCUT2D eigenvalue weighted by Gasteiger charge is 2.12. The first-order valence-corrected chi connectivity index (χ1v) is 4.62. The second-order valence-electron chi connectivity index (χ2n) is 3.33. The summed E-state index contributed by atoms with van der Waals surface area (Å²) in [5.41, 5.74) is 0.769. The zero-order chi connectivity index (χ0) is 10.7. The van der Waals surface area contributed by atoms with E-state index in [1.807, 2.05) is 6.92 Å². The average molecular weight is 194 g/mol. The van der Waals surface area contributed by atoms with Gasteiger partial charge in [0.25, 0.3) is 0 Å². The molecule has 1 rings (SSSR count). The molecule has 0 fully saturated rings. The van der Waals surface area contributed by atoms with Gasteiger partial charge in [-0.1, -0.05) is 6.92 Å². The second-order valence-corrected chi connectivity index (χ2v) is 3.33. The van der Waals surface area contributed by atoms with Crippen LogP contribution in [0.2, 0.25) is 0 Å². The Balaban J connectivity index is 3.09. The molecule has 0 saturated carbocycles. The minimum Gasteiger partial charge on any atom is -0.508 e. The van der Waals surface area contributed by atoms with Gasteiger partial charge in [-0.2, -0.15) is 0 Å². The maximum atomic E-state index is 11.5. The van der Waals surface area contributed by atoms with Gasteiger partial charge in [0.15, 0.2) is 5.78 Å². The highest BCUT2D eigenvalue weighted by atomic mass is 16.3. The number of carbonyl (C=O) groups excluding carboxylic acids is 1. The third-order valence-electron chi connectivity index (χ3n) is 2.09. The van der Waals surface area contributed by atoms with Crippen LogP contribution in [0.5, 0.6) is 11.5 Å². The fourth-order valence-electron chi connectivity index (χ4n) is 1.27. The van der Waals surface area contributed by atoms with Crippen LogP contribution in [0.25, 0.3) is 0 Å². The van der Waals surface area contributed by atoms with Gasteiger partial charge in [0.05, 0.1) is 5.56 Å². The summed E-state index contributed by atoms with van der Waals surface area (Å²) in [4.78, 5) is 11.5. The SMILES string of the molecule is CCCC(=O)c1cc(O)c(C)cc1O. The van der Waals surface area contributed by atoms with E-state index in [2.05, 4.69) is 0 Å². The van der Waals surface area contributed by atoms with Gasteiger partial charge in [0.1, 0.15) is 11.5 Å². The van der Waals surface area contributed by atoms with Crippen molar-refractivity contribution in [3.05, 3.63) is 23.3 Å². The lowest BCUT2D eigenvalue weighted by molar-refractivity contribution is 0.0978. The molecule has 1 aromatic rings. The molecule has 3 nitrogen and oxygen atoms in total. The van der Waals surface area contributed by atoms with E-state index < -0.39 is 0 Å². The monoisotopic (exact) mass is 194 g/mol. The lowest BCUT2D eigenvalue weighted by Gasteiger charge is -2.05. The molecule has 0 aliphatic heterocycles. The molecule has 0 radical (unpaired) electrons. The molecule has 2 N–H and O–H groups in total. The molecule has 0 heterocycles. The summed E-state index contributed by atoms with van der Waals surface area (Å²) in [6.45, 7) is 3.56. The standard InChI is InChI=1S/C11H14O3/c1-3-4-9(12)8-6-10(13)7(2)5-11(8)14/h5-6,13-14H,3-4H2,1-2H3. The maximum Gasteiger partial charge on any atom is 0.166 e. The smallest absolute Gasteiger partial charge is 0.166 e. The minimum atomic E-state index is -0.139. The van der Waals surface area contributed by atoms with Crippen LogP contribution in [0.15, 0.2) is 12.1 Å². The molecule has 0 saturated heterocycles. The molecule has 0 amide bonds. The largest absolute Gasteiger partial charge is 0.508 e. The fraction of sp³-hybridized carbons (Fsp3) is 0.364. The number of ketones is 1. The van der Waals surface area contributed by atoms with Crippen molar-refractivity contribution in [3.8, 4) is 11.5 Å². The van der Waals surface area contributed by atoms with Crippen molar-refractivity contribution >= 4 is 5.78 Å².